The number of nitrogen functional groups attached to an aromatic ring is 1. The molecule has 2 N–H and O–H groups in total. The van der Waals surface area contributed by atoms with Crippen LogP contribution in [0.1, 0.15) is 0 Å². The van der Waals surface area contributed by atoms with Crippen LogP contribution in [0.15, 0.2) is 16.6 Å². The molecule has 0 spiro atoms. The van der Waals surface area contributed by atoms with E-state index in [1.807, 2.05) is 0 Å². The molecule has 0 fully saturated rings. The van der Waals surface area contributed by atoms with Crippen LogP contribution in [-0.4, -0.2) is 12.0 Å². The lowest BCUT2D eigenvalue weighted by Crippen LogP contribution is -1.97. The van der Waals surface area contributed by atoms with E-state index in [1.165, 1.54) is 19.2 Å². The van der Waals surface area contributed by atoms with Crippen molar-refractivity contribution in [2.45, 2.75) is 0 Å². The minimum absolute atomic E-state index is 0.109. The summed E-state index contributed by atoms with van der Waals surface area (Å²) in [5.41, 5.74) is 5.37. The minimum Gasteiger partial charge on any atom is -0.495 e. The number of ether oxygens (including phenoxy) is 1. The Kier molecular flexibility index (Phi) is 2.72. The molecule has 0 aliphatic carbocycles. The Morgan fingerprint density at radius 2 is 2.23 bits per heavy atom. The Labute approximate surface area is 82.8 Å². The highest BCUT2D eigenvalue weighted by atomic mass is 79.9. The van der Waals surface area contributed by atoms with Gasteiger partial charge in [-0.15, -0.1) is 0 Å². The zero-order valence-corrected chi connectivity index (χ0v) is 8.37. The number of halogens is 1. The molecule has 0 heterocycles. The Bertz CT molecular complexity index is 354. The third-order valence-corrected chi connectivity index (χ3v) is 2.12. The predicted molar refractivity (Wildman–Crippen MR) is 51.8 cm³/mol. The second kappa shape index (κ2) is 3.61. The maximum atomic E-state index is 10.5. The van der Waals surface area contributed by atoms with Crippen molar-refractivity contribution in [3.8, 4) is 5.75 Å². The van der Waals surface area contributed by atoms with Crippen LogP contribution in [0.5, 0.6) is 5.75 Å². The molecule has 0 aliphatic heterocycles. The van der Waals surface area contributed by atoms with Crippen LogP contribution < -0.4 is 10.5 Å². The zero-order valence-electron chi connectivity index (χ0n) is 6.78. The van der Waals surface area contributed by atoms with Gasteiger partial charge in [0.1, 0.15) is 11.4 Å². The quantitative estimate of drug-likeness (QED) is 0.492. The number of rotatable bonds is 2. The van der Waals surface area contributed by atoms with E-state index in [4.69, 9.17) is 10.5 Å². The van der Waals surface area contributed by atoms with Crippen LogP contribution in [-0.2, 0) is 0 Å². The number of benzene rings is 1. The molecule has 13 heavy (non-hydrogen) atoms. The van der Waals surface area contributed by atoms with Crippen molar-refractivity contribution in [3.05, 3.63) is 26.7 Å². The van der Waals surface area contributed by atoms with Crippen LogP contribution in [0, 0.1) is 10.1 Å². The first-order valence-electron chi connectivity index (χ1n) is 3.33. The second-order valence-corrected chi connectivity index (χ2v) is 3.16. The first kappa shape index (κ1) is 9.79. The Morgan fingerprint density at radius 3 is 2.69 bits per heavy atom. The fourth-order valence-electron chi connectivity index (χ4n) is 0.873. The van der Waals surface area contributed by atoms with Gasteiger partial charge in [0.2, 0.25) is 0 Å². The van der Waals surface area contributed by atoms with E-state index in [9.17, 15) is 10.1 Å². The van der Waals surface area contributed by atoms with Gasteiger partial charge in [-0.1, -0.05) is 0 Å². The summed E-state index contributed by atoms with van der Waals surface area (Å²) in [6.45, 7) is 0. The fraction of sp³-hybridized carbons (Fsp3) is 0.143. The van der Waals surface area contributed by atoms with Crippen LogP contribution in [0.2, 0.25) is 0 Å². The molecule has 1 rings (SSSR count). The summed E-state index contributed by atoms with van der Waals surface area (Å²) in [5.74, 6) is 0.390. The maximum absolute atomic E-state index is 10.5. The van der Waals surface area contributed by atoms with Crippen molar-refractivity contribution < 1.29 is 9.66 Å². The van der Waals surface area contributed by atoms with Crippen LogP contribution in [0.3, 0.4) is 0 Å². The number of hydrogen-bond acceptors (Lipinski definition) is 4. The Morgan fingerprint density at radius 1 is 1.62 bits per heavy atom. The molecule has 70 valence electrons. The van der Waals surface area contributed by atoms with E-state index in [-0.39, 0.29) is 11.4 Å². The van der Waals surface area contributed by atoms with E-state index < -0.39 is 4.92 Å². The molecule has 5 nitrogen and oxygen atoms in total. The van der Waals surface area contributed by atoms with Crippen molar-refractivity contribution in [1.82, 2.24) is 0 Å². The summed E-state index contributed by atoms with van der Waals surface area (Å²) in [7, 11) is 1.43. The summed E-state index contributed by atoms with van der Waals surface area (Å²) in [6.07, 6.45) is 0. The van der Waals surface area contributed by atoms with Gasteiger partial charge in [0.15, 0.2) is 0 Å². The van der Waals surface area contributed by atoms with Gasteiger partial charge in [-0.05, 0) is 22.0 Å². The molecule has 1 aromatic carbocycles. The highest BCUT2D eigenvalue weighted by molar-refractivity contribution is 9.10. The molecule has 0 amide bonds. The van der Waals surface area contributed by atoms with Crippen LogP contribution in [0.25, 0.3) is 0 Å². The zero-order chi connectivity index (χ0) is 10.0. The molecule has 0 aliphatic rings. The van der Waals surface area contributed by atoms with Gasteiger partial charge < -0.3 is 10.5 Å². The maximum Gasteiger partial charge on any atom is 0.295 e. The largest absolute Gasteiger partial charge is 0.495 e. The van der Waals surface area contributed by atoms with Crippen molar-refractivity contribution in [2.75, 3.05) is 12.8 Å². The SMILES string of the molecule is COc1cc([N+](=O)[O-])c(N)cc1Br. The average molecular weight is 247 g/mol. The van der Waals surface area contributed by atoms with E-state index in [0.717, 1.165) is 0 Å². The number of nitrogens with zero attached hydrogens (tertiary/aromatic N) is 1. The molecule has 0 saturated heterocycles. The summed E-state index contributed by atoms with van der Waals surface area (Å²) in [4.78, 5) is 9.90. The number of nitro benzene ring substituents is 1. The average Bonchev–Trinajstić information content (AvgIpc) is 2.03. The van der Waals surface area contributed by atoms with Gasteiger partial charge in [-0.2, -0.15) is 0 Å². The fourth-order valence-corrected chi connectivity index (χ4v) is 1.40. The van der Waals surface area contributed by atoms with Gasteiger partial charge in [-0.3, -0.25) is 10.1 Å². The van der Waals surface area contributed by atoms with Gasteiger partial charge in [-0.25, -0.2) is 0 Å². The molecule has 0 bridgehead atoms. The third-order valence-electron chi connectivity index (χ3n) is 1.50. The van der Waals surface area contributed by atoms with Gasteiger partial charge >= 0.3 is 0 Å². The summed E-state index contributed by atoms with van der Waals surface area (Å²) >= 11 is 3.16. The first-order valence-corrected chi connectivity index (χ1v) is 4.13. The van der Waals surface area contributed by atoms with Gasteiger partial charge in [0, 0.05) is 0 Å². The lowest BCUT2D eigenvalue weighted by Gasteiger charge is -2.04. The molecule has 6 heteroatoms. The molecule has 0 atom stereocenters. The highest BCUT2D eigenvalue weighted by Crippen LogP contribution is 2.33. The highest BCUT2D eigenvalue weighted by Gasteiger charge is 2.15. The lowest BCUT2D eigenvalue weighted by atomic mass is 10.2. The number of methoxy groups -OCH3 is 1. The molecule has 1 aromatic rings. The van der Waals surface area contributed by atoms with E-state index in [2.05, 4.69) is 15.9 Å². The normalized spacial score (nSPS) is 9.69. The number of nitro groups is 1. The predicted octanol–water partition coefficient (Wildman–Crippen LogP) is 1.95. The van der Waals surface area contributed by atoms with Crippen molar-refractivity contribution in [3.63, 3.8) is 0 Å². The van der Waals surface area contributed by atoms with Crippen molar-refractivity contribution in [1.29, 1.82) is 0 Å². The number of anilines is 1. The number of nitrogens with two attached hydrogens (primary N) is 1. The molecule has 0 saturated carbocycles. The van der Waals surface area contributed by atoms with Crippen LogP contribution in [0.4, 0.5) is 11.4 Å². The molecular formula is C7H7BrN2O3. The minimum atomic E-state index is -0.551. The third kappa shape index (κ3) is 1.89. The Balaban J connectivity index is 3.30. The smallest absolute Gasteiger partial charge is 0.295 e. The summed E-state index contributed by atoms with van der Waals surface area (Å²) in [5, 5.41) is 10.5. The molecule has 0 radical (unpaired) electrons. The number of hydrogen-bond donors (Lipinski definition) is 1. The summed E-state index contributed by atoms with van der Waals surface area (Å²) < 4.78 is 5.48. The summed E-state index contributed by atoms with van der Waals surface area (Å²) in [6, 6.07) is 2.72. The van der Waals surface area contributed by atoms with Crippen LogP contribution >= 0.6 is 15.9 Å². The van der Waals surface area contributed by atoms with E-state index in [0.29, 0.717) is 10.2 Å². The van der Waals surface area contributed by atoms with Gasteiger partial charge in [0.25, 0.3) is 5.69 Å². The molecular weight excluding hydrogens is 240 g/mol. The van der Waals surface area contributed by atoms with Gasteiger partial charge in [0.05, 0.1) is 22.6 Å². The first-order chi connectivity index (χ1) is 6.06. The van der Waals surface area contributed by atoms with Crippen molar-refractivity contribution >= 4 is 27.3 Å². The lowest BCUT2D eigenvalue weighted by molar-refractivity contribution is -0.384. The van der Waals surface area contributed by atoms with E-state index >= 15 is 0 Å². The van der Waals surface area contributed by atoms with E-state index in [1.54, 1.807) is 0 Å². The van der Waals surface area contributed by atoms with Crippen molar-refractivity contribution in [2.24, 2.45) is 0 Å². The second-order valence-electron chi connectivity index (χ2n) is 2.30. The molecule has 0 unspecified atom stereocenters. The standard InChI is InChI=1S/C7H7BrN2O3/c1-13-7-3-6(10(11)12)5(9)2-4(7)8/h2-3H,9H2,1H3. The topological polar surface area (TPSA) is 78.4 Å². The monoisotopic (exact) mass is 246 g/mol. The molecule has 0 aromatic heterocycles. The Hall–Kier alpha value is -1.30.